The summed E-state index contributed by atoms with van der Waals surface area (Å²) < 4.78 is 0. The lowest BCUT2D eigenvalue weighted by Gasteiger charge is -2.32. The minimum atomic E-state index is -0.171. The van der Waals surface area contributed by atoms with Gasteiger partial charge in [-0.05, 0) is 98.8 Å². The van der Waals surface area contributed by atoms with Gasteiger partial charge in [-0.3, -0.25) is 0 Å². The van der Waals surface area contributed by atoms with E-state index >= 15 is 0 Å². The number of benzene rings is 5. The van der Waals surface area contributed by atoms with Crippen LogP contribution >= 0.6 is 0 Å². The number of aromatic hydroxyl groups is 1. The molecule has 0 spiro atoms. The van der Waals surface area contributed by atoms with Gasteiger partial charge in [0.1, 0.15) is 5.75 Å². The van der Waals surface area contributed by atoms with Crippen molar-refractivity contribution < 1.29 is 5.11 Å². The molecule has 0 amide bonds. The van der Waals surface area contributed by atoms with Crippen molar-refractivity contribution in [1.29, 1.82) is 0 Å². The molecule has 0 heterocycles. The Morgan fingerprint density at radius 2 is 0.872 bits per heavy atom. The van der Waals surface area contributed by atoms with E-state index in [0.717, 1.165) is 29.9 Å². The Morgan fingerprint density at radius 1 is 0.513 bits per heavy atom. The minimum Gasteiger partial charge on any atom is -0.508 e. The van der Waals surface area contributed by atoms with Crippen LogP contribution in [0.2, 0.25) is 0 Å². The summed E-state index contributed by atoms with van der Waals surface area (Å²) >= 11 is 0. The molecule has 0 fully saturated rings. The van der Waals surface area contributed by atoms with Gasteiger partial charge in [-0.25, -0.2) is 0 Å². The summed E-state index contributed by atoms with van der Waals surface area (Å²) in [6, 6.07) is 43.0. The third kappa shape index (κ3) is 5.91. The molecule has 5 rings (SSSR count). The van der Waals surface area contributed by atoms with Gasteiger partial charge in [0, 0.05) is 22.5 Å². The first-order valence-electron chi connectivity index (χ1n) is 13.7. The minimum absolute atomic E-state index is 0.171. The SMILES string of the molecule is Cc1ccc(N(c2ccc(C)cc2)c2ccc(CCC(C)(c3ccc(C)cc3)c3ccc(O)cc3)cc2)cc1. The number of phenols is 1. The molecular weight excluding hydrogens is 474 g/mol. The molecule has 5 aromatic rings. The average molecular weight is 512 g/mol. The quantitative estimate of drug-likeness (QED) is 0.224. The van der Waals surface area contributed by atoms with Gasteiger partial charge in [-0.15, -0.1) is 0 Å². The lowest BCUT2D eigenvalue weighted by molar-refractivity contribution is 0.472. The summed E-state index contributed by atoms with van der Waals surface area (Å²) in [5.41, 5.74) is 10.9. The van der Waals surface area contributed by atoms with Crippen LogP contribution in [0.3, 0.4) is 0 Å². The molecule has 0 saturated heterocycles. The molecule has 0 aliphatic carbocycles. The molecule has 0 bridgehead atoms. The second kappa shape index (κ2) is 11.2. The largest absolute Gasteiger partial charge is 0.508 e. The second-order valence-electron chi connectivity index (χ2n) is 10.9. The van der Waals surface area contributed by atoms with Crippen LogP contribution in [0.1, 0.15) is 46.7 Å². The van der Waals surface area contributed by atoms with Crippen molar-refractivity contribution in [2.24, 2.45) is 0 Å². The Kier molecular flexibility index (Phi) is 7.56. The molecule has 39 heavy (non-hydrogen) atoms. The van der Waals surface area contributed by atoms with E-state index in [0.29, 0.717) is 5.75 Å². The number of aryl methyl sites for hydroxylation is 4. The number of nitrogens with zero attached hydrogens (tertiary/aromatic N) is 1. The zero-order chi connectivity index (χ0) is 27.4. The first kappa shape index (κ1) is 26.3. The van der Waals surface area contributed by atoms with Crippen molar-refractivity contribution >= 4 is 17.1 Å². The van der Waals surface area contributed by atoms with Gasteiger partial charge in [-0.2, -0.15) is 0 Å². The lowest BCUT2D eigenvalue weighted by atomic mass is 9.72. The fourth-order valence-corrected chi connectivity index (χ4v) is 5.25. The average Bonchev–Trinajstić information content (AvgIpc) is 2.95. The van der Waals surface area contributed by atoms with E-state index in [2.05, 4.69) is 142 Å². The van der Waals surface area contributed by atoms with Gasteiger partial charge in [0.2, 0.25) is 0 Å². The van der Waals surface area contributed by atoms with Gasteiger partial charge in [0.15, 0.2) is 0 Å². The highest BCUT2D eigenvalue weighted by Gasteiger charge is 2.28. The molecule has 0 aliphatic rings. The molecule has 0 aliphatic heterocycles. The summed E-state index contributed by atoms with van der Waals surface area (Å²) in [4.78, 5) is 2.32. The fourth-order valence-electron chi connectivity index (χ4n) is 5.25. The van der Waals surface area contributed by atoms with Gasteiger partial charge in [0.25, 0.3) is 0 Å². The van der Waals surface area contributed by atoms with E-state index in [1.54, 1.807) is 12.1 Å². The number of rotatable bonds is 8. The smallest absolute Gasteiger partial charge is 0.115 e. The number of phenolic OH excluding ortho intramolecular Hbond substituents is 1. The Morgan fingerprint density at radius 3 is 1.31 bits per heavy atom. The highest BCUT2D eigenvalue weighted by atomic mass is 16.3. The monoisotopic (exact) mass is 511 g/mol. The summed E-state index contributed by atoms with van der Waals surface area (Å²) in [5, 5.41) is 9.90. The van der Waals surface area contributed by atoms with E-state index < -0.39 is 0 Å². The molecule has 0 saturated carbocycles. The maximum atomic E-state index is 9.90. The van der Waals surface area contributed by atoms with Crippen molar-refractivity contribution in [1.82, 2.24) is 0 Å². The summed E-state index contributed by atoms with van der Waals surface area (Å²) in [6.07, 6.45) is 1.90. The van der Waals surface area contributed by atoms with E-state index in [1.807, 2.05) is 0 Å². The van der Waals surface area contributed by atoms with E-state index in [1.165, 1.54) is 33.4 Å². The van der Waals surface area contributed by atoms with Gasteiger partial charge in [-0.1, -0.05) is 96.4 Å². The van der Waals surface area contributed by atoms with Gasteiger partial charge >= 0.3 is 0 Å². The van der Waals surface area contributed by atoms with Crippen LogP contribution in [0.4, 0.5) is 17.1 Å². The van der Waals surface area contributed by atoms with Crippen LogP contribution in [0.5, 0.6) is 5.75 Å². The Labute approximate surface area is 233 Å². The lowest BCUT2D eigenvalue weighted by Crippen LogP contribution is -2.24. The number of hydrogen-bond acceptors (Lipinski definition) is 2. The fraction of sp³-hybridized carbons (Fsp3) is 0.189. The first-order chi connectivity index (χ1) is 18.8. The van der Waals surface area contributed by atoms with E-state index in [4.69, 9.17) is 0 Å². The summed E-state index contributed by atoms with van der Waals surface area (Å²) in [7, 11) is 0. The molecular formula is C37H37NO. The van der Waals surface area contributed by atoms with Crippen LogP contribution in [0, 0.1) is 20.8 Å². The molecule has 2 heteroatoms. The van der Waals surface area contributed by atoms with Crippen LogP contribution in [-0.4, -0.2) is 5.11 Å². The molecule has 1 unspecified atom stereocenters. The van der Waals surface area contributed by atoms with Crippen LogP contribution in [0.15, 0.2) is 121 Å². The molecule has 1 N–H and O–H groups in total. The zero-order valence-electron chi connectivity index (χ0n) is 23.4. The molecule has 2 nitrogen and oxygen atoms in total. The standard InChI is InChI=1S/C37H37NO/c1-27-5-13-31(14-6-27)37(4,32-15-23-36(39)24-16-32)26-25-30-11-21-35(22-12-30)38(33-17-7-28(2)8-18-33)34-19-9-29(3)10-20-34/h5-24,39H,25-26H2,1-4H3. The van der Waals surface area contributed by atoms with Crippen molar-refractivity contribution in [2.75, 3.05) is 4.90 Å². The number of anilines is 3. The van der Waals surface area contributed by atoms with Crippen molar-refractivity contribution in [3.63, 3.8) is 0 Å². The molecule has 1 atom stereocenters. The maximum absolute atomic E-state index is 9.90. The third-order valence-corrected chi connectivity index (χ3v) is 7.89. The van der Waals surface area contributed by atoms with Gasteiger partial charge in [0.05, 0.1) is 0 Å². The summed E-state index contributed by atoms with van der Waals surface area (Å²) in [5.74, 6) is 0.298. The highest BCUT2D eigenvalue weighted by molar-refractivity contribution is 5.76. The topological polar surface area (TPSA) is 23.5 Å². The van der Waals surface area contributed by atoms with Gasteiger partial charge < -0.3 is 10.0 Å². The Hall–Kier alpha value is -4.30. The van der Waals surface area contributed by atoms with E-state index in [9.17, 15) is 5.11 Å². The summed E-state index contributed by atoms with van der Waals surface area (Å²) in [6.45, 7) is 8.68. The van der Waals surface area contributed by atoms with Crippen LogP contribution < -0.4 is 4.90 Å². The molecule has 0 radical (unpaired) electrons. The second-order valence-corrected chi connectivity index (χ2v) is 10.9. The third-order valence-electron chi connectivity index (χ3n) is 7.89. The normalized spacial score (nSPS) is 12.6. The zero-order valence-corrected chi connectivity index (χ0v) is 23.4. The highest BCUT2D eigenvalue weighted by Crippen LogP contribution is 2.38. The molecule has 196 valence electrons. The molecule has 0 aromatic heterocycles. The predicted molar refractivity (Wildman–Crippen MR) is 165 cm³/mol. The van der Waals surface area contributed by atoms with E-state index in [-0.39, 0.29) is 5.41 Å². The Bertz CT molecular complexity index is 1410. The Balaban J connectivity index is 1.43. The van der Waals surface area contributed by atoms with Crippen molar-refractivity contribution in [3.8, 4) is 5.75 Å². The van der Waals surface area contributed by atoms with Crippen molar-refractivity contribution in [2.45, 2.75) is 46.0 Å². The maximum Gasteiger partial charge on any atom is 0.115 e. The van der Waals surface area contributed by atoms with Crippen molar-refractivity contribution in [3.05, 3.63) is 155 Å². The molecule has 5 aromatic carbocycles. The predicted octanol–water partition coefficient (Wildman–Crippen LogP) is 9.73. The van der Waals surface area contributed by atoms with Crippen LogP contribution in [0.25, 0.3) is 0 Å². The first-order valence-corrected chi connectivity index (χ1v) is 13.7. The number of hydrogen-bond donors (Lipinski definition) is 1. The van der Waals surface area contributed by atoms with Crippen LogP contribution in [-0.2, 0) is 11.8 Å².